The van der Waals surface area contributed by atoms with Crippen LogP contribution in [-0.4, -0.2) is 18.8 Å². The third-order valence-electron chi connectivity index (χ3n) is 4.13. The van der Waals surface area contributed by atoms with Crippen LogP contribution >= 0.6 is 0 Å². The fourth-order valence-electron chi connectivity index (χ4n) is 2.81. The molecule has 124 valence electrons. The molecule has 23 heavy (non-hydrogen) atoms. The zero-order valence-electron chi connectivity index (χ0n) is 14.4. The summed E-state index contributed by atoms with van der Waals surface area (Å²) in [6.45, 7) is 8.52. The number of anilines is 1. The molecule has 0 bridgehead atoms. The van der Waals surface area contributed by atoms with Crippen molar-refractivity contribution in [1.82, 2.24) is 0 Å². The first-order valence-corrected chi connectivity index (χ1v) is 8.93. The molecule has 0 aromatic heterocycles. The van der Waals surface area contributed by atoms with E-state index in [-0.39, 0.29) is 0 Å². The summed E-state index contributed by atoms with van der Waals surface area (Å²) in [6.07, 6.45) is 7.10. The van der Waals surface area contributed by atoms with Crippen molar-refractivity contribution in [3.8, 4) is 0 Å². The smallest absolute Gasteiger partial charge is 0.178 e. The zero-order chi connectivity index (χ0) is 16.8. The fraction of sp³-hybridized carbons (Fsp3) is 0.421. The van der Waals surface area contributed by atoms with Gasteiger partial charge in [0.05, 0.1) is 0 Å². The van der Waals surface area contributed by atoms with E-state index < -0.39 is 0 Å². The largest absolute Gasteiger partial charge is 0.399 e. The number of aliphatic imine (C=N–C) groups is 1. The summed E-state index contributed by atoms with van der Waals surface area (Å²) in [6, 6.07) is 6.37. The van der Waals surface area contributed by atoms with E-state index in [1.54, 1.807) is 0 Å². The van der Waals surface area contributed by atoms with Crippen LogP contribution in [0.1, 0.15) is 40.0 Å². The molecule has 0 radical (unpaired) electrons. The number of hydrogen-bond donors (Lipinski definition) is 1. The van der Waals surface area contributed by atoms with Crippen LogP contribution < -0.4 is 10.6 Å². The summed E-state index contributed by atoms with van der Waals surface area (Å²) in [5.74, 6) is 0. The van der Waals surface area contributed by atoms with Crippen molar-refractivity contribution in [2.75, 3.05) is 18.0 Å². The SMILES string of the molecule is CCCC1=CC(=Nc2ccc(N(CC)CC)cc2[SH2+])CC=C1N. The van der Waals surface area contributed by atoms with Crippen molar-refractivity contribution < 1.29 is 0 Å². The number of benzene rings is 1. The Hall–Kier alpha value is -1.68. The monoisotopic (exact) mass is 330 g/mol. The van der Waals surface area contributed by atoms with Crippen LogP contribution in [0.3, 0.4) is 0 Å². The molecule has 0 fully saturated rings. The Morgan fingerprint density at radius 2 is 1.96 bits per heavy atom. The Bertz CT molecular complexity index is 640. The number of rotatable bonds is 6. The summed E-state index contributed by atoms with van der Waals surface area (Å²) in [5, 5.41) is 0. The van der Waals surface area contributed by atoms with E-state index in [1.807, 2.05) is 0 Å². The second kappa shape index (κ2) is 8.25. The van der Waals surface area contributed by atoms with Gasteiger partial charge in [-0.25, -0.2) is 4.99 Å². The zero-order valence-corrected chi connectivity index (χ0v) is 15.4. The average molecular weight is 331 g/mol. The van der Waals surface area contributed by atoms with E-state index >= 15 is 0 Å². The van der Waals surface area contributed by atoms with Crippen LogP contribution in [0, 0.1) is 0 Å². The van der Waals surface area contributed by atoms with Gasteiger partial charge in [0.2, 0.25) is 0 Å². The predicted octanol–water partition coefficient (Wildman–Crippen LogP) is 3.95. The minimum atomic E-state index is 0.794. The third-order valence-corrected chi connectivity index (χ3v) is 4.54. The average Bonchev–Trinajstić information content (AvgIpc) is 2.54. The van der Waals surface area contributed by atoms with E-state index in [4.69, 9.17) is 10.7 Å². The molecule has 0 heterocycles. The minimum absolute atomic E-state index is 0.794. The van der Waals surface area contributed by atoms with Crippen LogP contribution in [0.25, 0.3) is 0 Å². The van der Waals surface area contributed by atoms with Crippen molar-refractivity contribution in [2.24, 2.45) is 10.7 Å². The topological polar surface area (TPSA) is 41.6 Å². The normalized spacial score (nSPS) is 16.3. The molecule has 1 aliphatic rings. The first-order valence-electron chi connectivity index (χ1n) is 8.43. The van der Waals surface area contributed by atoms with Gasteiger partial charge in [0, 0.05) is 42.7 Å². The fourth-order valence-corrected chi connectivity index (χ4v) is 3.10. The lowest BCUT2D eigenvalue weighted by molar-refractivity contribution is 0.864. The maximum absolute atomic E-state index is 6.06. The maximum atomic E-state index is 6.06. The lowest BCUT2D eigenvalue weighted by Gasteiger charge is -2.20. The third kappa shape index (κ3) is 4.41. The lowest BCUT2D eigenvalue weighted by atomic mass is 9.98. The van der Waals surface area contributed by atoms with Gasteiger partial charge in [-0.15, -0.1) is 0 Å². The first-order chi connectivity index (χ1) is 11.1. The van der Waals surface area contributed by atoms with Gasteiger partial charge in [-0.2, -0.15) is 0 Å². The van der Waals surface area contributed by atoms with E-state index in [0.717, 1.165) is 54.3 Å². The number of nitrogens with two attached hydrogens (primary N) is 1. The van der Waals surface area contributed by atoms with Crippen LogP contribution in [-0.2, 0) is 12.6 Å². The van der Waals surface area contributed by atoms with Gasteiger partial charge in [0.25, 0.3) is 0 Å². The Labute approximate surface area is 145 Å². The van der Waals surface area contributed by atoms with Crippen molar-refractivity contribution in [3.63, 3.8) is 0 Å². The van der Waals surface area contributed by atoms with Gasteiger partial charge in [-0.05, 0) is 56.7 Å². The highest BCUT2D eigenvalue weighted by molar-refractivity contribution is 7.59. The van der Waals surface area contributed by atoms with Crippen LogP contribution in [0.5, 0.6) is 0 Å². The Kier molecular flexibility index (Phi) is 6.34. The molecule has 0 saturated heterocycles. The van der Waals surface area contributed by atoms with E-state index in [9.17, 15) is 0 Å². The molecule has 0 spiro atoms. The number of nitrogens with zero attached hydrogens (tertiary/aromatic N) is 2. The standard InChI is InChI=1S/C19H27N3S/c1-4-7-14-12-15(8-10-17(14)20)21-18-11-9-16(13-19(18)23)22(5-2)6-3/h9-13,23H,4-8,20H2,1-3H3/p+1. The first kappa shape index (κ1) is 17.7. The van der Waals surface area contributed by atoms with E-state index in [0.29, 0.717) is 0 Å². The molecule has 0 aliphatic heterocycles. The predicted molar refractivity (Wildman–Crippen MR) is 105 cm³/mol. The van der Waals surface area contributed by atoms with Crippen LogP contribution in [0.4, 0.5) is 11.4 Å². The summed E-state index contributed by atoms with van der Waals surface area (Å²) in [7, 11) is 0. The minimum Gasteiger partial charge on any atom is -0.399 e. The number of allylic oxidation sites excluding steroid dienone is 3. The molecular weight excluding hydrogens is 302 g/mol. The van der Waals surface area contributed by atoms with Crippen molar-refractivity contribution in [3.05, 3.63) is 41.6 Å². The molecule has 3 nitrogen and oxygen atoms in total. The molecule has 0 amide bonds. The summed E-state index contributed by atoms with van der Waals surface area (Å²) in [5.41, 5.74) is 11.4. The second-order valence-corrected chi connectivity index (χ2v) is 6.30. The molecule has 2 N–H and O–H groups in total. The number of hydrogen-bond acceptors (Lipinski definition) is 3. The van der Waals surface area contributed by atoms with Gasteiger partial charge < -0.3 is 10.6 Å². The molecule has 1 aromatic rings. The van der Waals surface area contributed by atoms with Gasteiger partial charge in [0.15, 0.2) is 4.90 Å². The molecule has 4 heteroatoms. The Morgan fingerprint density at radius 3 is 2.57 bits per heavy atom. The van der Waals surface area contributed by atoms with Gasteiger partial charge in [0.1, 0.15) is 5.69 Å². The molecule has 1 aliphatic carbocycles. The second-order valence-electron chi connectivity index (χ2n) is 5.76. The molecule has 0 atom stereocenters. The van der Waals surface area contributed by atoms with Crippen molar-refractivity contribution >= 4 is 29.7 Å². The maximum Gasteiger partial charge on any atom is 0.178 e. The summed E-state index contributed by atoms with van der Waals surface area (Å²) < 4.78 is 0. The van der Waals surface area contributed by atoms with Gasteiger partial charge in [-0.3, -0.25) is 0 Å². The summed E-state index contributed by atoms with van der Waals surface area (Å²) in [4.78, 5) is 8.16. The highest BCUT2D eigenvalue weighted by Gasteiger charge is 2.12. The molecule has 0 saturated carbocycles. The molecular formula is C19H28N3S+. The van der Waals surface area contributed by atoms with Crippen molar-refractivity contribution in [1.29, 1.82) is 0 Å². The summed E-state index contributed by atoms with van der Waals surface area (Å²) >= 11 is 3.72. The highest BCUT2D eigenvalue weighted by atomic mass is 32.1. The Balaban J connectivity index is 2.26. The molecule has 1 aromatic carbocycles. The quantitative estimate of drug-likeness (QED) is 0.803. The van der Waals surface area contributed by atoms with Gasteiger partial charge in [-0.1, -0.05) is 19.4 Å². The molecule has 2 rings (SSSR count). The highest BCUT2D eigenvalue weighted by Crippen LogP contribution is 2.27. The van der Waals surface area contributed by atoms with Crippen molar-refractivity contribution in [2.45, 2.75) is 44.9 Å². The van der Waals surface area contributed by atoms with Gasteiger partial charge >= 0.3 is 0 Å². The molecule has 0 unspecified atom stereocenters. The van der Waals surface area contributed by atoms with E-state index in [2.05, 4.69) is 68.7 Å². The lowest BCUT2D eigenvalue weighted by Crippen LogP contribution is -2.21. The Morgan fingerprint density at radius 1 is 1.22 bits per heavy atom. The van der Waals surface area contributed by atoms with Crippen LogP contribution in [0.2, 0.25) is 0 Å². The van der Waals surface area contributed by atoms with Crippen LogP contribution in [0.15, 0.2) is 51.5 Å². The van der Waals surface area contributed by atoms with E-state index in [1.165, 1.54) is 11.3 Å².